The van der Waals surface area contributed by atoms with Crippen LogP contribution in [0.1, 0.15) is 5.56 Å². The van der Waals surface area contributed by atoms with E-state index >= 15 is 4.39 Å². The van der Waals surface area contributed by atoms with E-state index < -0.39 is 20.9 Å². The third-order valence-corrected chi connectivity index (χ3v) is 5.89. The van der Waals surface area contributed by atoms with E-state index in [-0.39, 0.29) is 5.56 Å². The summed E-state index contributed by atoms with van der Waals surface area (Å²) in [6.45, 7) is 0.655. The van der Waals surface area contributed by atoms with Crippen molar-refractivity contribution in [2.75, 3.05) is 20.1 Å². The number of sulfonamides is 1. The topological polar surface area (TPSA) is 71.1 Å². The fourth-order valence-electron chi connectivity index (χ4n) is 2.69. The zero-order valence-corrected chi connectivity index (χ0v) is 12.3. The summed E-state index contributed by atoms with van der Waals surface area (Å²) in [6.07, 6.45) is 3.11. The summed E-state index contributed by atoms with van der Waals surface area (Å²) in [6, 6.07) is 6.75. The van der Waals surface area contributed by atoms with Crippen molar-refractivity contribution in [3.8, 4) is 0 Å². The highest BCUT2D eigenvalue weighted by atomic mass is 32.2. The fourth-order valence-corrected chi connectivity index (χ4v) is 4.06. The summed E-state index contributed by atoms with van der Waals surface area (Å²) >= 11 is 0. The van der Waals surface area contributed by atoms with E-state index in [0.717, 1.165) is 5.39 Å². The number of nitrogens with one attached hydrogen (secondary N) is 2. The number of fused-ring (bicyclic) bond motifs is 1. The summed E-state index contributed by atoms with van der Waals surface area (Å²) in [7, 11) is -2.91. The minimum atomic E-state index is -4.15. The molecule has 7 heteroatoms. The molecule has 1 unspecified atom stereocenters. The zero-order chi connectivity index (χ0) is 15.1. The van der Waals surface area contributed by atoms with Gasteiger partial charge >= 0.3 is 0 Å². The van der Waals surface area contributed by atoms with Crippen molar-refractivity contribution in [2.45, 2.75) is 5.00 Å². The van der Waals surface area contributed by atoms with Crippen LogP contribution in [0.4, 0.5) is 4.39 Å². The molecule has 0 amide bonds. The van der Waals surface area contributed by atoms with Crippen LogP contribution in [0.15, 0.2) is 36.7 Å². The first kappa shape index (κ1) is 14.4. The number of rotatable bonds is 4. The van der Waals surface area contributed by atoms with Gasteiger partial charge in [-0.15, -0.1) is 0 Å². The van der Waals surface area contributed by atoms with Gasteiger partial charge in [-0.05, 0) is 18.5 Å². The first-order valence-electron chi connectivity index (χ1n) is 6.66. The van der Waals surface area contributed by atoms with Gasteiger partial charge in [0.2, 0.25) is 0 Å². The maximum Gasteiger partial charge on any atom is 0.255 e. The van der Waals surface area contributed by atoms with Crippen LogP contribution >= 0.6 is 0 Å². The molecule has 0 spiro atoms. The second kappa shape index (κ2) is 5.01. The van der Waals surface area contributed by atoms with Gasteiger partial charge in [0.1, 0.15) is 0 Å². The molecule has 1 aliphatic heterocycles. The van der Waals surface area contributed by atoms with Crippen molar-refractivity contribution >= 4 is 20.8 Å². The quantitative estimate of drug-likeness (QED) is 0.888. The van der Waals surface area contributed by atoms with E-state index in [2.05, 4.69) is 15.0 Å². The summed E-state index contributed by atoms with van der Waals surface area (Å²) < 4.78 is 42.6. The molecule has 1 saturated heterocycles. The average molecular weight is 309 g/mol. The van der Waals surface area contributed by atoms with Crippen molar-refractivity contribution in [1.82, 2.24) is 15.0 Å². The smallest absolute Gasteiger partial charge is 0.255 e. The van der Waals surface area contributed by atoms with Gasteiger partial charge in [-0.2, -0.15) is 0 Å². The molecule has 1 fully saturated rings. The van der Waals surface area contributed by atoms with Crippen molar-refractivity contribution < 1.29 is 12.8 Å². The third kappa shape index (κ3) is 2.04. The molecule has 21 heavy (non-hydrogen) atoms. The van der Waals surface area contributed by atoms with Gasteiger partial charge in [0.25, 0.3) is 15.0 Å². The van der Waals surface area contributed by atoms with Gasteiger partial charge in [0, 0.05) is 42.4 Å². The molecular formula is C14H16FN3O2S. The number of aromatic nitrogens is 1. The van der Waals surface area contributed by atoms with E-state index in [1.54, 1.807) is 18.3 Å². The molecule has 3 rings (SSSR count). The van der Waals surface area contributed by atoms with Crippen LogP contribution in [0.2, 0.25) is 0 Å². The van der Waals surface area contributed by atoms with Crippen LogP contribution in [0.3, 0.4) is 0 Å². The minimum absolute atomic E-state index is 0.147. The first-order valence-corrected chi connectivity index (χ1v) is 8.15. The van der Waals surface area contributed by atoms with Crippen LogP contribution in [-0.4, -0.2) is 33.5 Å². The van der Waals surface area contributed by atoms with Crippen molar-refractivity contribution in [3.05, 3.63) is 42.2 Å². The average Bonchev–Trinajstić information content (AvgIpc) is 2.44. The molecule has 0 saturated carbocycles. The molecule has 1 aliphatic rings. The van der Waals surface area contributed by atoms with Gasteiger partial charge in [-0.1, -0.05) is 18.2 Å². The molecular weight excluding hydrogens is 293 g/mol. The number of alkyl halides is 1. The molecule has 1 aromatic carbocycles. The lowest BCUT2D eigenvalue weighted by molar-refractivity contribution is 0.124. The standard InChI is InChI=1S/C14H16FN3O2S/c1-16-21(19,20)14(15,11-7-18-8-11)13-4-2-3-10-5-6-17-9-12(10)13/h2-6,9,11,16,18H,7-8H2,1H3. The molecule has 112 valence electrons. The normalized spacial score (nSPS) is 19.1. The molecule has 1 aromatic heterocycles. The molecule has 2 aromatic rings. The molecule has 2 N–H and O–H groups in total. The Bertz CT molecular complexity index is 771. The zero-order valence-electron chi connectivity index (χ0n) is 11.5. The van der Waals surface area contributed by atoms with Crippen LogP contribution < -0.4 is 10.0 Å². The van der Waals surface area contributed by atoms with Gasteiger partial charge < -0.3 is 5.32 Å². The highest BCUT2D eigenvalue weighted by molar-refractivity contribution is 7.90. The number of hydrogen-bond donors (Lipinski definition) is 2. The Morgan fingerprint density at radius 1 is 1.38 bits per heavy atom. The predicted molar refractivity (Wildman–Crippen MR) is 78.9 cm³/mol. The Morgan fingerprint density at radius 2 is 2.14 bits per heavy atom. The summed E-state index contributed by atoms with van der Waals surface area (Å²) in [5, 5.41) is 1.74. The summed E-state index contributed by atoms with van der Waals surface area (Å²) in [5.74, 6) is -0.624. The van der Waals surface area contributed by atoms with Crippen molar-refractivity contribution in [1.29, 1.82) is 0 Å². The summed E-state index contributed by atoms with van der Waals surface area (Å²) in [5.41, 5.74) is 0.147. The highest BCUT2D eigenvalue weighted by Crippen LogP contribution is 2.43. The third-order valence-electron chi connectivity index (χ3n) is 4.02. The molecule has 0 radical (unpaired) electrons. The van der Waals surface area contributed by atoms with E-state index in [4.69, 9.17) is 0 Å². The summed E-state index contributed by atoms with van der Waals surface area (Å²) in [4.78, 5) is 4.00. The Labute approximate surface area is 122 Å². The van der Waals surface area contributed by atoms with Gasteiger partial charge in [-0.3, -0.25) is 4.98 Å². The molecule has 0 aliphatic carbocycles. The Balaban J connectivity index is 2.29. The molecule has 1 atom stereocenters. The fraction of sp³-hybridized carbons (Fsp3) is 0.357. The number of nitrogens with zero attached hydrogens (tertiary/aromatic N) is 1. The van der Waals surface area contributed by atoms with Crippen LogP contribution in [-0.2, 0) is 15.0 Å². The van der Waals surface area contributed by atoms with Gasteiger partial charge in [0.05, 0.1) is 0 Å². The van der Waals surface area contributed by atoms with Crippen molar-refractivity contribution in [3.63, 3.8) is 0 Å². The van der Waals surface area contributed by atoms with Gasteiger partial charge in [-0.25, -0.2) is 17.5 Å². The molecule has 0 bridgehead atoms. The predicted octanol–water partition coefficient (Wildman–Crippen LogP) is 1.13. The molecule has 5 nitrogen and oxygen atoms in total. The maximum absolute atomic E-state index is 15.8. The lowest BCUT2D eigenvalue weighted by Crippen LogP contribution is -2.57. The monoisotopic (exact) mass is 309 g/mol. The minimum Gasteiger partial charge on any atom is -0.316 e. The van der Waals surface area contributed by atoms with Crippen LogP contribution in [0.25, 0.3) is 10.8 Å². The van der Waals surface area contributed by atoms with Crippen molar-refractivity contribution in [2.24, 2.45) is 5.92 Å². The number of hydrogen-bond acceptors (Lipinski definition) is 4. The second-order valence-corrected chi connectivity index (χ2v) is 7.12. The first-order chi connectivity index (χ1) is 10.0. The van der Waals surface area contributed by atoms with Crippen LogP contribution in [0.5, 0.6) is 0 Å². The SMILES string of the molecule is CNS(=O)(=O)C(F)(c1cccc2ccncc12)C1CNC1. The van der Waals surface area contributed by atoms with E-state index in [9.17, 15) is 8.42 Å². The number of pyridine rings is 1. The maximum atomic E-state index is 15.8. The van der Waals surface area contributed by atoms with Crippen LogP contribution in [0, 0.1) is 5.92 Å². The van der Waals surface area contributed by atoms with Gasteiger partial charge in [0.15, 0.2) is 0 Å². The van der Waals surface area contributed by atoms with E-state index in [1.165, 1.54) is 19.3 Å². The Morgan fingerprint density at radius 3 is 2.76 bits per heavy atom. The Hall–Kier alpha value is -1.57. The number of benzene rings is 1. The lowest BCUT2D eigenvalue weighted by atomic mass is 9.89. The van der Waals surface area contributed by atoms with E-state index in [1.807, 2.05) is 6.07 Å². The number of halogens is 1. The van der Waals surface area contributed by atoms with E-state index in [0.29, 0.717) is 18.5 Å². The second-order valence-electron chi connectivity index (χ2n) is 5.11. The highest BCUT2D eigenvalue weighted by Gasteiger charge is 2.54. The largest absolute Gasteiger partial charge is 0.316 e. The molecule has 2 heterocycles. The Kier molecular flexibility index (Phi) is 3.43. The lowest BCUT2D eigenvalue weighted by Gasteiger charge is -2.39.